The fourth-order valence-corrected chi connectivity index (χ4v) is 3.12. The van der Waals surface area contributed by atoms with E-state index < -0.39 is 0 Å². The van der Waals surface area contributed by atoms with Crippen LogP contribution in [0.4, 0.5) is 0 Å². The predicted molar refractivity (Wildman–Crippen MR) is 91.2 cm³/mol. The summed E-state index contributed by atoms with van der Waals surface area (Å²) >= 11 is 1.88. The molecule has 106 valence electrons. The van der Waals surface area contributed by atoms with E-state index in [4.69, 9.17) is 4.74 Å². The van der Waals surface area contributed by atoms with Gasteiger partial charge in [0.25, 0.3) is 0 Å². The predicted octanol–water partition coefficient (Wildman–Crippen LogP) is 5.40. The summed E-state index contributed by atoms with van der Waals surface area (Å²) in [4.78, 5) is 1.32. The van der Waals surface area contributed by atoms with Crippen LogP contribution in [-0.4, -0.2) is 12.4 Å². The Balaban J connectivity index is 1.51. The summed E-state index contributed by atoms with van der Waals surface area (Å²) in [5.74, 6) is 2.06. The van der Waals surface area contributed by atoms with E-state index in [1.807, 2.05) is 23.9 Å². The molecule has 0 saturated carbocycles. The van der Waals surface area contributed by atoms with Crippen LogP contribution in [0, 0.1) is 0 Å². The van der Waals surface area contributed by atoms with Crippen LogP contribution in [-0.2, 0) is 0 Å². The van der Waals surface area contributed by atoms with Gasteiger partial charge >= 0.3 is 0 Å². The van der Waals surface area contributed by atoms with Crippen molar-refractivity contribution in [2.75, 3.05) is 12.4 Å². The van der Waals surface area contributed by atoms with E-state index in [9.17, 15) is 0 Å². The van der Waals surface area contributed by atoms with Gasteiger partial charge in [-0.1, -0.05) is 54.6 Å². The molecule has 0 bridgehead atoms. The first kappa shape index (κ1) is 14.0. The molecule has 1 nitrogen and oxygen atoms in total. The maximum atomic E-state index is 5.94. The molecule has 3 aromatic carbocycles. The third-order valence-electron chi connectivity index (χ3n) is 3.31. The van der Waals surface area contributed by atoms with Crippen molar-refractivity contribution in [3.05, 3.63) is 72.8 Å². The van der Waals surface area contributed by atoms with Gasteiger partial charge in [0.1, 0.15) is 5.75 Å². The zero-order chi connectivity index (χ0) is 14.3. The van der Waals surface area contributed by atoms with Crippen molar-refractivity contribution in [2.24, 2.45) is 0 Å². The van der Waals surface area contributed by atoms with Gasteiger partial charge in [0, 0.05) is 16.0 Å². The third-order valence-corrected chi connectivity index (χ3v) is 4.41. The fraction of sp³-hybridized carbons (Fsp3) is 0.158. The molecule has 0 atom stereocenters. The number of hydrogen-bond acceptors (Lipinski definition) is 2. The Hall–Kier alpha value is -1.93. The summed E-state index contributed by atoms with van der Waals surface area (Å²) < 4.78 is 5.94. The molecule has 21 heavy (non-hydrogen) atoms. The molecule has 0 fully saturated rings. The Morgan fingerprint density at radius 2 is 1.52 bits per heavy atom. The maximum Gasteiger partial charge on any atom is 0.127 e. The van der Waals surface area contributed by atoms with E-state index in [1.54, 1.807) is 0 Å². The molecule has 3 aromatic rings. The Kier molecular flexibility index (Phi) is 4.80. The summed E-state index contributed by atoms with van der Waals surface area (Å²) in [6.07, 6.45) is 1.04. The zero-order valence-electron chi connectivity index (χ0n) is 11.9. The first-order chi connectivity index (χ1) is 10.4. The minimum absolute atomic E-state index is 0.758. The van der Waals surface area contributed by atoms with Crippen molar-refractivity contribution >= 4 is 22.5 Å². The standard InChI is InChI=1S/C19H18OS/c1-2-10-17(11-3-1)21-15-7-14-20-19-13-6-9-16-8-4-5-12-18(16)19/h1-6,8-13H,7,14-15H2. The van der Waals surface area contributed by atoms with Crippen LogP contribution in [0.5, 0.6) is 5.75 Å². The van der Waals surface area contributed by atoms with Crippen molar-refractivity contribution < 1.29 is 4.74 Å². The number of fused-ring (bicyclic) bond motifs is 1. The van der Waals surface area contributed by atoms with Gasteiger partial charge in [-0.3, -0.25) is 0 Å². The molecule has 0 aliphatic heterocycles. The van der Waals surface area contributed by atoms with E-state index in [0.717, 1.165) is 24.5 Å². The van der Waals surface area contributed by atoms with Crippen LogP contribution in [0.25, 0.3) is 10.8 Å². The number of benzene rings is 3. The minimum atomic E-state index is 0.758. The van der Waals surface area contributed by atoms with Crippen LogP contribution in [0.1, 0.15) is 6.42 Å². The van der Waals surface area contributed by atoms with Crippen molar-refractivity contribution in [2.45, 2.75) is 11.3 Å². The highest BCUT2D eigenvalue weighted by Gasteiger charge is 2.01. The maximum absolute atomic E-state index is 5.94. The van der Waals surface area contributed by atoms with Gasteiger partial charge in [0.15, 0.2) is 0 Å². The first-order valence-electron chi connectivity index (χ1n) is 7.22. The highest BCUT2D eigenvalue weighted by atomic mass is 32.2. The minimum Gasteiger partial charge on any atom is -0.493 e. The molecular weight excluding hydrogens is 276 g/mol. The topological polar surface area (TPSA) is 9.23 Å². The van der Waals surface area contributed by atoms with Gasteiger partial charge in [-0.2, -0.15) is 0 Å². The van der Waals surface area contributed by atoms with Gasteiger partial charge in [0.2, 0.25) is 0 Å². The van der Waals surface area contributed by atoms with E-state index in [-0.39, 0.29) is 0 Å². The van der Waals surface area contributed by atoms with Gasteiger partial charge < -0.3 is 4.74 Å². The van der Waals surface area contributed by atoms with Crippen molar-refractivity contribution in [1.82, 2.24) is 0 Å². The Bertz CT molecular complexity index is 689. The molecule has 0 unspecified atom stereocenters. The molecule has 0 saturated heterocycles. The number of rotatable bonds is 6. The second-order valence-corrected chi connectivity index (χ2v) is 6.01. The van der Waals surface area contributed by atoms with E-state index in [1.165, 1.54) is 15.7 Å². The van der Waals surface area contributed by atoms with E-state index in [2.05, 4.69) is 60.7 Å². The normalized spacial score (nSPS) is 10.7. The Morgan fingerprint density at radius 3 is 2.43 bits per heavy atom. The Labute approximate surface area is 130 Å². The summed E-state index contributed by atoms with van der Waals surface area (Å²) in [7, 11) is 0. The molecule has 0 heterocycles. The van der Waals surface area contributed by atoms with Crippen molar-refractivity contribution in [1.29, 1.82) is 0 Å². The van der Waals surface area contributed by atoms with Gasteiger partial charge in [-0.15, -0.1) is 11.8 Å². The molecule has 0 amide bonds. The molecule has 0 N–H and O–H groups in total. The summed E-state index contributed by atoms with van der Waals surface area (Å²) in [6.45, 7) is 0.758. The van der Waals surface area contributed by atoms with Gasteiger partial charge in [0.05, 0.1) is 6.61 Å². The lowest BCUT2D eigenvalue weighted by atomic mass is 10.1. The molecule has 0 aromatic heterocycles. The monoisotopic (exact) mass is 294 g/mol. The van der Waals surface area contributed by atoms with Crippen LogP contribution >= 0.6 is 11.8 Å². The smallest absolute Gasteiger partial charge is 0.127 e. The number of thioether (sulfide) groups is 1. The summed E-state index contributed by atoms with van der Waals surface area (Å²) in [5, 5.41) is 2.42. The van der Waals surface area contributed by atoms with Crippen molar-refractivity contribution in [3.63, 3.8) is 0 Å². The lowest BCUT2D eigenvalue weighted by molar-refractivity contribution is 0.322. The Morgan fingerprint density at radius 1 is 0.762 bits per heavy atom. The molecule has 0 aliphatic carbocycles. The summed E-state index contributed by atoms with van der Waals surface area (Å²) in [6, 6.07) is 25.1. The average molecular weight is 294 g/mol. The highest BCUT2D eigenvalue weighted by molar-refractivity contribution is 7.99. The van der Waals surface area contributed by atoms with E-state index in [0.29, 0.717) is 0 Å². The first-order valence-corrected chi connectivity index (χ1v) is 8.20. The largest absolute Gasteiger partial charge is 0.493 e. The second-order valence-electron chi connectivity index (χ2n) is 4.84. The second kappa shape index (κ2) is 7.19. The van der Waals surface area contributed by atoms with Gasteiger partial charge in [-0.05, 0) is 30.0 Å². The van der Waals surface area contributed by atoms with Crippen LogP contribution in [0.3, 0.4) is 0 Å². The van der Waals surface area contributed by atoms with Crippen LogP contribution in [0.15, 0.2) is 77.7 Å². The lowest BCUT2D eigenvalue weighted by Crippen LogP contribution is -1.99. The SMILES string of the molecule is c1ccc(SCCCOc2cccc3ccccc23)cc1. The van der Waals surface area contributed by atoms with Crippen LogP contribution < -0.4 is 4.74 Å². The third kappa shape index (κ3) is 3.79. The molecule has 3 rings (SSSR count). The molecule has 0 radical (unpaired) electrons. The van der Waals surface area contributed by atoms with E-state index >= 15 is 0 Å². The zero-order valence-corrected chi connectivity index (χ0v) is 12.7. The number of hydrogen-bond donors (Lipinski definition) is 0. The van der Waals surface area contributed by atoms with Gasteiger partial charge in [-0.25, -0.2) is 0 Å². The fourth-order valence-electron chi connectivity index (χ4n) is 2.27. The summed E-state index contributed by atoms with van der Waals surface area (Å²) in [5.41, 5.74) is 0. The molecule has 0 spiro atoms. The molecule has 0 aliphatic rings. The molecular formula is C19H18OS. The molecule has 2 heteroatoms. The highest BCUT2D eigenvalue weighted by Crippen LogP contribution is 2.25. The lowest BCUT2D eigenvalue weighted by Gasteiger charge is -2.09. The quantitative estimate of drug-likeness (QED) is 0.444. The average Bonchev–Trinajstić information content (AvgIpc) is 2.56. The van der Waals surface area contributed by atoms with Crippen LogP contribution in [0.2, 0.25) is 0 Å². The van der Waals surface area contributed by atoms with Crippen molar-refractivity contribution in [3.8, 4) is 5.75 Å². The number of ether oxygens (including phenoxy) is 1.